The Morgan fingerprint density at radius 3 is 2.38 bits per heavy atom. The van der Waals surface area contributed by atoms with E-state index in [1.54, 1.807) is 0 Å². The SMILES string of the molecule is CO[C@H]1CCCC1C. The Hall–Kier alpha value is -0.0400. The topological polar surface area (TPSA) is 9.23 Å². The van der Waals surface area contributed by atoms with Gasteiger partial charge in [-0.1, -0.05) is 13.3 Å². The zero-order chi connectivity index (χ0) is 5.98. The normalized spacial score (nSPS) is 38.2. The Bertz CT molecular complexity index is 70.8. The second-order valence-corrected chi connectivity index (χ2v) is 2.68. The second kappa shape index (κ2) is 2.49. The molecule has 0 saturated heterocycles. The molecule has 1 aliphatic rings. The molecule has 1 unspecified atom stereocenters. The Labute approximate surface area is 51.0 Å². The monoisotopic (exact) mass is 114 g/mol. The molecule has 0 N–H and O–H groups in total. The van der Waals surface area contributed by atoms with Crippen molar-refractivity contribution in [3.63, 3.8) is 0 Å². The van der Waals surface area contributed by atoms with Crippen LogP contribution in [0.4, 0.5) is 0 Å². The third kappa shape index (κ3) is 1.03. The zero-order valence-corrected chi connectivity index (χ0v) is 5.68. The van der Waals surface area contributed by atoms with Gasteiger partial charge in [-0.25, -0.2) is 0 Å². The fraction of sp³-hybridized carbons (Fsp3) is 1.00. The molecular formula is C7H14O. The summed E-state index contributed by atoms with van der Waals surface area (Å²) < 4.78 is 5.22. The number of rotatable bonds is 1. The van der Waals surface area contributed by atoms with Gasteiger partial charge in [0.25, 0.3) is 0 Å². The summed E-state index contributed by atoms with van der Waals surface area (Å²) in [5.74, 6) is 0.806. The maximum absolute atomic E-state index is 5.22. The van der Waals surface area contributed by atoms with Crippen molar-refractivity contribution in [2.75, 3.05) is 7.11 Å². The van der Waals surface area contributed by atoms with E-state index in [9.17, 15) is 0 Å². The Kier molecular flexibility index (Phi) is 1.90. The van der Waals surface area contributed by atoms with E-state index in [1.165, 1.54) is 19.3 Å². The number of hydrogen-bond donors (Lipinski definition) is 0. The standard InChI is InChI=1S/C7H14O/c1-6-4-3-5-7(6)8-2/h6-7H,3-5H2,1-2H3/t6?,7-/m0/s1. The van der Waals surface area contributed by atoms with E-state index in [2.05, 4.69) is 6.92 Å². The molecule has 0 bridgehead atoms. The third-order valence-electron chi connectivity index (χ3n) is 2.09. The molecule has 1 saturated carbocycles. The summed E-state index contributed by atoms with van der Waals surface area (Å²) in [6.07, 6.45) is 4.56. The summed E-state index contributed by atoms with van der Waals surface area (Å²) in [5.41, 5.74) is 0. The van der Waals surface area contributed by atoms with E-state index in [4.69, 9.17) is 4.74 Å². The van der Waals surface area contributed by atoms with Crippen molar-refractivity contribution in [3.8, 4) is 0 Å². The van der Waals surface area contributed by atoms with Gasteiger partial charge in [0.1, 0.15) is 0 Å². The van der Waals surface area contributed by atoms with Crippen LogP contribution in [0.25, 0.3) is 0 Å². The van der Waals surface area contributed by atoms with Crippen molar-refractivity contribution in [1.29, 1.82) is 0 Å². The van der Waals surface area contributed by atoms with Gasteiger partial charge in [-0.2, -0.15) is 0 Å². The average Bonchev–Trinajstić information content (AvgIpc) is 2.14. The lowest BCUT2D eigenvalue weighted by atomic mass is 10.1. The molecule has 2 atom stereocenters. The van der Waals surface area contributed by atoms with Gasteiger partial charge in [-0.05, 0) is 18.8 Å². The van der Waals surface area contributed by atoms with E-state index < -0.39 is 0 Å². The highest BCUT2D eigenvalue weighted by Gasteiger charge is 2.21. The fourth-order valence-corrected chi connectivity index (χ4v) is 1.46. The minimum Gasteiger partial charge on any atom is -0.381 e. The van der Waals surface area contributed by atoms with Crippen molar-refractivity contribution in [2.45, 2.75) is 32.3 Å². The lowest BCUT2D eigenvalue weighted by molar-refractivity contribution is 0.0775. The van der Waals surface area contributed by atoms with Crippen molar-refractivity contribution in [1.82, 2.24) is 0 Å². The molecule has 0 aliphatic heterocycles. The molecule has 0 heterocycles. The summed E-state index contributed by atoms with van der Waals surface area (Å²) in [7, 11) is 1.81. The molecule has 0 amide bonds. The smallest absolute Gasteiger partial charge is 0.0596 e. The van der Waals surface area contributed by atoms with Gasteiger partial charge in [0, 0.05) is 7.11 Å². The zero-order valence-electron chi connectivity index (χ0n) is 5.68. The Balaban J connectivity index is 2.30. The summed E-state index contributed by atoms with van der Waals surface area (Å²) in [6, 6.07) is 0. The number of ether oxygens (including phenoxy) is 1. The quantitative estimate of drug-likeness (QED) is 0.505. The fourth-order valence-electron chi connectivity index (χ4n) is 1.46. The molecule has 0 spiro atoms. The van der Waals surface area contributed by atoms with E-state index >= 15 is 0 Å². The van der Waals surface area contributed by atoms with Crippen LogP contribution in [-0.2, 0) is 4.74 Å². The predicted molar refractivity (Wildman–Crippen MR) is 33.8 cm³/mol. The van der Waals surface area contributed by atoms with Crippen molar-refractivity contribution >= 4 is 0 Å². The lowest BCUT2D eigenvalue weighted by Crippen LogP contribution is -2.12. The molecule has 1 nitrogen and oxygen atoms in total. The minimum atomic E-state index is 0.565. The molecule has 1 heteroatoms. The van der Waals surface area contributed by atoms with Gasteiger partial charge in [0.15, 0.2) is 0 Å². The second-order valence-electron chi connectivity index (χ2n) is 2.68. The number of hydrogen-bond acceptors (Lipinski definition) is 1. The molecule has 0 aromatic carbocycles. The molecule has 0 aromatic rings. The van der Waals surface area contributed by atoms with Gasteiger partial charge >= 0.3 is 0 Å². The van der Waals surface area contributed by atoms with Crippen LogP contribution < -0.4 is 0 Å². The highest BCUT2D eigenvalue weighted by Crippen LogP contribution is 2.26. The summed E-state index contributed by atoms with van der Waals surface area (Å²) in [5, 5.41) is 0. The molecular weight excluding hydrogens is 100 g/mol. The first kappa shape index (κ1) is 6.09. The maximum Gasteiger partial charge on any atom is 0.0596 e. The molecule has 0 aromatic heterocycles. The highest BCUT2D eigenvalue weighted by atomic mass is 16.5. The van der Waals surface area contributed by atoms with Crippen LogP contribution in [-0.4, -0.2) is 13.2 Å². The van der Waals surface area contributed by atoms with Crippen LogP contribution in [0.2, 0.25) is 0 Å². The van der Waals surface area contributed by atoms with Crippen LogP contribution in [0.15, 0.2) is 0 Å². The minimum absolute atomic E-state index is 0.565. The Morgan fingerprint density at radius 1 is 1.38 bits per heavy atom. The van der Waals surface area contributed by atoms with Crippen LogP contribution in [0, 0.1) is 5.92 Å². The van der Waals surface area contributed by atoms with Gasteiger partial charge in [0.2, 0.25) is 0 Å². The van der Waals surface area contributed by atoms with E-state index in [-0.39, 0.29) is 0 Å². The van der Waals surface area contributed by atoms with Crippen LogP contribution >= 0.6 is 0 Å². The van der Waals surface area contributed by atoms with Crippen LogP contribution in [0.3, 0.4) is 0 Å². The first-order chi connectivity index (χ1) is 3.84. The van der Waals surface area contributed by atoms with E-state index in [0.717, 1.165) is 5.92 Å². The average molecular weight is 114 g/mol. The largest absolute Gasteiger partial charge is 0.381 e. The maximum atomic E-state index is 5.22. The van der Waals surface area contributed by atoms with Crippen molar-refractivity contribution < 1.29 is 4.74 Å². The Morgan fingerprint density at radius 2 is 2.12 bits per heavy atom. The summed E-state index contributed by atoms with van der Waals surface area (Å²) >= 11 is 0. The molecule has 0 radical (unpaired) electrons. The highest BCUT2D eigenvalue weighted by molar-refractivity contribution is 4.73. The van der Waals surface area contributed by atoms with Gasteiger partial charge in [0.05, 0.1) is 6.10 Å². The van der Waals surface area contributed by atoms with Gasteiger partial charge < -0.3 is 4.74 Å². The number of methoxy groups -OCH3 is 1. The van der Waals surface area contributed by atoms with Crippen molar-refractivity contribution in [2.24, 2.45) is 5.92 Å². The molecule has 8 heavy (non-hydrogen) atoms. The first-order valence-corrected chi connectivity index (χ1v) is 3.37. The molecule has 48 valence electrons. The molecule has 1 fully saturated rings. The third-order valence-corrected chi connectivity index (χ3v) is 2.09. The van der Waals surface area contributed by atoms with Gasteiger partial charge in [-0.3, -0.25) is 0 Å². The van der Waals surface area contributed by atoms with Crippen LogP contribution in [0.1, 0.15) is 26.2 Å². The molecule has 1 aliphatic carbocycles. The first-order valence-electron chi connectivity index (χ1n) is 3.37. The lowest BCUT2D eigenvalue weighted by Gasteiger charge is -2.11. The van der Waals surface area contributed by atoms with Crippen LogP contribution in [0.5, 0.6) is 0 Å². The summed E-state index contributed by atoms with van der Waals surface area (Å²) in [6.45, 7) is 2.27. The molecule has 1 rings (SSSR count). The van der Waals surface area contributed by atoms with E-state index in [1.807, 2.05) is 7.11 Å². The van der Waals surface area contributed by atoms with Crippen molar-refractivity contribution in [3.05, 3.63) is 0 Å². The summed E-state index contributed by atoms with van der Waals surface area (Å²) in [4.78, 5) is 0. The van der Waals surface area contributed by atoms with Gasteiger partial charge in [-0.15, -0.1) is 0 Å². The van der Waals surface area contributed by atoms with E-state index in [0.29, 0.717) is 6.10 Å². The predicted octanol–water partition coefficient (Wildman–Crippen LogP) is 1.82.